The molecule has 76 heavy (non-hydrogen) atoms. The first-order chi connectivity index (χ1) is 33.8. The number of rotatable bonds is 19. The highest BCUT2D eigenvalue weighted by Crippen LogP contribution is 2.39. The van der Waals surface area contributed by atoms with E-state index in [9.17, 15) is 19.2 Å². The lowest BCUT2D eigenvalue weighted by molar-refractivity contribution is -0.132. The highest BCUT2D eigenvalue weighted by molar-refractivity contribution is 5.87. The fraction of sp³-hybridized carbons (Fsp3) is 0.861. The van der Waals surface area contributed by atoms with E-state index < -0.39 is 0 Å². The Labute approximate surface area is 476 Å². The second-order valence-corrected chi connectivity index (χ2v) is 34.4. The van der Waals surface area contributed by atoms with E-state index in [2.05, 4.69) is 164 Å². The van der Waals surface area contributed by atoms with Gasteiger partial charge in [0.25, 0.3) is 0 Å². The van der Waals surface area contributed by atoms with Crippen molar-refractivity contribution in [3.63, 3.8) is 0 Å². The summed E-state index contributed by atoms with van der Waals surface area (Å²) in [7, 11) is 0. The standard InChI is InChI=1S/C21H34O.C18H34O.C17H34O.C16H32O/c1-14-10-15(2)18(16(3)11-14)12-17(13-20(4,5)6)19(22)21(7,8)9;1-17(2,3)13-15(16(19)18(4,5)6)12-14-10-8-7-9-11-14;1-13(2)10-9-11-14(12-16(3,4)5)15(18)17(6,7)8;1-12(2)9-10-13(11-15(3,4)5)14(17)16(6,7)8/h10-11,17H,12-13H2,1-9H3;14-15H,7-13H2,1-6H3;13-14H,9-12H2,1-8H3;12-13H,9-11H2,1-8H3/t17-;15-;14-;13-/m1111/s1. The molecule has 0 radical (unpaired) electrons. The average Bonchev–Trinajstić information content (AvgIpc) is 3.19. The van der Waals surface area contributed by atoms with Gasteiger partial charge in [-0.3, -0.25) is 19.2 Å². The molecule has 446 valence electrons. The summed E-state index contributed by atoms with van der Waals surface area (Å²) in [6, 6.07) is 4.47. The number of hydrogen-bond donors (Lipinski definition) is 0. The van der Waals surface area contributed by atoms with Gasteiger partial charge in [-0.05, 0) is 128 Å². The van der Waals surface area contributed by atoms with Gasteiger partial charge in [0.15, 0.2) is 0 Å². The molecule has 0 saturated heterocycles. The average molecular weight is 1060 g/mol. The second kappa shape index (κ2) is 31.8. The molecule has 0 bridgehead atoms. The van der Waals surface area contributed by atoms with Crippen molar-refractivity contribution in [1.82, 2.24) is 0 Å². The molecule has 4 atom stereocenters. The van der Waals surface area contributed by atoms with Gasteiger partial charge in [0.2, 0.25) is 0 Å². The van der Waals surface area contributed by atoms with Crippen molar-refractivity contribution < 1.29 is 19.2 Å². The molecule has 4 nitrogen and oxygen atoms in total. The van der Waals surface area contributed by atoms with E-state index in [1.54, 1.807) is 0 Å². The molecule has 0 amide bonds. The first-order valence-electron chi connectivity index (χ1n) is 31.0. The summed E-state index contributed by atoms with van der Waals surface area (Å²) in [5.74, 6) is 4.82. The van der Waals surface area contributed by atoms with Crippen molar-refractivity contribution in [2.24, 2.45) is 84.7 Å². The molecule has 1 aromatic rings. The third-order valence-corrected chi connectivity index (χ3v) is 14.9. The van der Waals surface area contributed by atoms with Gasteiger partial charge in [0.1, 0.15) is 23.1 Å². The Morgan fingerprint density at radius 3 is 1.04 bits per heavy atom. The van der Waals surface area contributed by atoms with Crippen molar-refractivity contribution in [2.45, 2.75) is 317 Å². The molecule has 4 heteroatoms. The molecule has 1 saturated carbocycles. The molecule has 0 aliphatic heterocycles. The number of ketones is 4. The van der Waals surface area contributed by atoms with E-state index in [1.807, 2.05) is 62.3 Å². The van der Waals surface area contributed by atoms with Crippen LogP contribution in [0, 0.1) is 106 Å². The number of carbonyl (C=O) groups is 4. The lowest BCUT2D eigenvalue weighted by Crippen LogP contribution is -2.32. The summed E-state index contributed by atoms with van der Waals surface area (Å²) in [4.78, 5) is 50.6. The maximum absolute atomic E-state index is 12.9. The molecule has 0 N–H and O–H groups in total. The van der Waals surface area contributed by atoms with Gasteiger partial charge in [0, 0.05) is 45.3 Å². The third-order valence-electron chi connectivity index (χ3n) is 14.9. The number of Topliss-reactive ketones (excluding diaryl/α,β-unsaturated/α-hetero) is 4. The third kappa shape index (κ3) is 35.5. The van der Waals surface area contributed by atoms with E-state index in [1.165, 1.54) is 67.2 Å². The van der Waals surface area contributed by atoms with Crippen molar-refractivity contribution in [3.8, 4) is 0 Å². The minimum Gasteiger partial charge on any atom is -0.299 e. The van der Waals surface area contributed by atoms with Crippen LogP contribution in [0.2, 0.25) is 0 Å². The van der Waals surface area contributed by atoms with Crippen LogP contribution in [-0.4, -0.2) is 23.1 Å². The predicted molar refractivity (Wildman–Crippen MR) is 336 cm³/mol. The largest absolute Gasteiger partial charge is 0.299 e. The Morgan fingerprint density at radius 2 is 0.711 bits per heavy atom. The van der Waals surface area contributed by atoms with Crippen LogP contribution in [0.1, 0.15) is 312 Å². The van der Waals surface area contributed by atoms with Crippen LogP contribution in [-0.2, 0) is 25.6 Å². The minimum absolute atomic E-state index is 0.0973. The van der Waals surface area contributed by atoms with Gasteiger partial charge in [-0.1, -0.05) is 263 Å². The summed E-state index contributed by atoms with van der Waals surface area (Å²) < 4.78 is 0. The zero-order chi connectivity index (χ0) is 60.4. The topological polar surface area (TPSA) is 68.3 Å². The Balaban J connectivity index is 0. The fourth-order valence-electron chi connectivity index (χ4n) is 11.5. The Bertz CT molecular complexity index is 1820. The SMILES string of the molecule is CC(C)(C)C[C@@H](CC1CCCCC1)C(=O)C(C)(C)C.CC(C)CCC[C@H](CC(C)(C)C)C(=O)C(C)(C)C.CC(C)CC[C@H](CC(C)(C)C)C(=O)C(C)(C)C.Cc1cc(C)c(C[C@H](CC(C)(C)C)C(=O)C(C)(C)C)c(C)c1. The van der Waals surface area contributed by atoms with Crippen LogP contribution >= 0.6 is 0 Å². The molecule has 1 aromatic carbocycles. The molecule has 0 spiro atoms. The molecule has 2 rings (SSSR count). The number of aryl methyl sites for hydroxylation is 3. The second-order valence-electron chi connectivity index (χ2n) is 34.4. The quantitative estimate of drug-likeness (QED) is 0.138. The minimum atomic E-state index is -0.275. The van der Waals surface area contributed by atoms with E-state index in [-0.39, 0.29) is 67.0 Å². The van der Waals surface area contributed by atoms with Crippen LogP contribution in [0.15, 0.2) is 12.1 Å². The number of carbonyl (C=O) groups excluding carboxylic acids is 4. The van der Waals surface area contributed by atoms with E-state index in [4.69, 9.17) is 0 Å². The zero-order valence-electron chi connectivity index (χ0n) is 57.1. The van der Waals surface area contributed by atoms with Gasteiger partial charge in [0.05, 0.1) is 0 Å². The molecule has 1 aliphatic carbocycles. The maximum Gasteiger partial charge on any atom is 0.141 e. The van der Waals surface area contributed by atoms with Gasteiger partial charge in [-0.2, -0.15) is 0 Å². The van der Waals surface area contributed by atoms with Crippen molar-refractivity contribution >= 4 is 23.1 Å². The van der Waals surface area contributed by atoms with E-state index >= 15 is 0 Å². The lowest BCUT2D eigenvalue weighted by atomic mass is 9.71. The monoisotopic (exact) mass is 1060 g/mol. The Morgan fingerprint density at radius 1 is 0.408 bits per heavy atom. The smallest absolute Gasteiger partial charge is 0.141 e. The number of hydrogen-bond acceptors (Lipinski definition) is 4. The molecular weight excluding hydrogens is 929 g/mol. The highest BCUT2D eigenvalue weighted by atomic mass is 16.1. The Hall–Kier alpha value is -2.10. The van der Waals surface area contributed by atoms with Gasteiger partial charge < -0.3 is 0 Å². The zero-order valence-corrected chi connectivity index (χ0v) is 57.1. The molecule has 0 aromatic heterocycles. The van der Waals surface area contributed by atoms with Gasteiger partial charge in [-0.25, -0.2) is 0 Å². The van der Waals surface area contributed by atoms with Crippen molar-refractivity contribution in [1.29, 1.82) is 0 Å². The summed E-state index contributed by atoms with van der Waals surface area (Å²) in [6.07, 6.45) is 18.5. The van der Waals surface area contributed by atoms with Crippen LogP contribution in [0.25, 0.3) is 0 Å². The van der Waals surface area contributed by atoms with Crippen LogP contribution < -0.4 is 0 Å². The molecular formula is C72H134O4. The van der Waals surface area contributed by atoms with Gasteiger partial charge >= 0.3 is 0 Å². The first-order valence-corrected chi connectivity index (χ1v) is 31.0. The summed E-state index contributed by atoms with van der Waals surface area (Å²) in [5, 5.41) is 0. The highest BCUT2D eigenvalue weighted by Gasteiger charge is 2.37. The van der Waals surface area contributed by atoms with Crippen LogP contribution in [0.5, 0.6) is 0 Å². The van der Waals surface area contributed by atoms with Crippen molar-refractivity contribution in [3.05, 3.63) is 34.4 Å². The summed E-state index contributed by atoms with van der Waals surface area (Å²) in [6.45, 7) is 66.9. The summed E-state index contributed by atoms with van der Waals surface area (Å²) in [5.41, 5.74) is 5.32. The van der Waals surface area contributed by atoms with E-state index in [0.29, 0.717) is 29.1 Å². The first kappa shape index (κ1) is 76.0. The predicted octanol–water partition coefficient (Wildman–Crippen LogP) is 22.0. The van der Waals surface area contributed by atoms with Crippen LogP contribution in [0.4, 0.5) is 0 Å². The van der Waals surface area contributed by atoms with Gasteiger partial charge in [-0.15, -0.1) is 0 Å². The fourth-order valence-corrected chi connectivity index (χ4v) is 11.5. The van der Waals surface area contributed by atoms with E-state index in [0.717, 1.165) is 69.6 Å². The molecule has 1 fully saturated rings. The number of benzene rings is 1. The maximum atomic E-state index is 12.9. The normalized spacial score (nSPS) is 16.1. The molecule has 0 unspecified atom stereocenters. The summed E-state index contributed by atoms with van der Waals surface area (Å²) >= 11 is 0. The molecule has 1 aliphatic rings. The Kier molecular flexibility index (Phi) is 31.8. The van der Waals surface area contributed by atoms with Crippen LogP contribution in [0.3, 0.4) is 0 Å². The van der Waals surface area contributed by atoms with Crippen molar-refractivity contribution in [2.75, 3.05) is 0 Å². The molecule has 0 heterocycles. The lowest BCUT2D eigenvalue weighted by Gasteiger charge is -2.33.